The fraction of sp³-hybridized carbons (Fsp3) is 0.467. The molecule has 1 unspecified atom stereocenters. The summed E-state index contributed by atoms with van der Waals surface area (Å²) in [4.78, 5) is 25.7. The van der Waals surface area contributed by atoms with Gasteiger partial charge in [-0.25, -0.2) is 4.79 Å². The van der Waals surface area contributed by atoms with Gasteiger partial charge in [-0.05, 0) is 50.8 Å². The SMILES string of the molecule is Cc1ccc(Cl)cc1C(=O)N1CCCCC1(C)C(=O)O. The molecule has 1 saturated heterocycles. The lowest BCUT2D eigenvalue weighted by molar-refractivity contribution is -0.150. The summed E-state index contributed by atoms with van der Waals surface area (Å²) in [6.07, 6.45) is 2.13. The number of carboxylic acid groups (broad SMARTS) is 1. The Hall–Kier alpha value is -1.55. The van der Waals surface area contributed by atoms with Gasteiger partial charge in [0.1, 0.15) is 5.54 Å². The van der Waals surface area contributed by atoms with Crippen LogP contribution in [-0.4, -0.2) is 34.0 Å². The lowest BCUT2D eigenvalue weighted by Crippen LogP contribution is -2.57. The number of aliphatic carboxylic acids is 1. The molecule has 20 heavy (non-hydrogen) atoms. The first-order valence-corrected chi connectivity index (χ1v) is 7.05. The third-order valence-corrected chi connectivity index (χ3v) is 4.26. The zero-order valence-electron chi connectivity index (χ0n) is 11.6. The Balaban J connectivity index is 2.40. The maximum absolute atomic E-state index is 12.7. The van der Waals surface area contributed by atoms with Gasteiger partial charge in [-0.3, -0.25) is 4.79 Å². The maximum atomic E-state index is 12.7. The second-order valence-electron chi connectivity index (χ2n) is 5.45. The standard InChI is InChI=1S/C15H18ClNO3/c1-10-5-6-11(16)9-12(10)13(18)17-8-4-3-7-15(17,2)14(19)20/h5-6,9H,3-4,7-8H2,1-2H3,(H,19,20). The van der Waals surface area contributed by atoms with E-state index in [4.69, 9.17) is 11.6 Å². The lowest BCUT2D eigenvalue weighted by atomic mass is 9.87. The number of likely N-dealkylation sites (tertiary alicyclic amines) is 1. The Kier molecular flexibility index (Phi) is 4.04. The molecule has 1 aromatic carbocycles. The van der Waals surface area contributed by atoms with Crippen LogP contribution in [0.3, 0.4) is 0 Å². The molecule has 0 aliphatic carbocycles. The number of hydrogen-bond acceptors (Lipinski definition) is 2. The fourth-order valence-corrected chi connectivity index (χ4v) is 2.81. The molecule has 108 valence electrons. The summed E-state index contributed by atoms with van der Waals surface area (Å²) in [5.74, 6) is -1.21. The Labute approximate surface area is 123 Å². The third-order valence-electron chi connectivity index (χ3n) is 4.03. The van der Waals surface area contributed by atoms with Crippen LogP contribution in [0.1, 0.15) is 42.1 Å². The quantitative estimate of drug-likeness (QED) is 0.912. The van der Waals surface area contributed by atoms with Crippen molar-refractivity contribution in [2.24, 2.45) is 0 Å². The summed E-state index contributed by atoms with van der Waals surface area (Å²) >= 11 is 5.95. The van der Waals surface area contributed by atoms with Crippen molar-refractivity contribution in [3.63, 3.8) is 0 Å². The van der Waals surface area contributed by atoms with Crippen LogP contribution >= 0.6 is 11.6 Å². The van der Waals surface area contributed by atoms with Crippen LogP contribution in [0.5, 0.6) is 0 Å². The number of rotatable bonds is 2. The average Bonchev–Trinajstić information content (AvgIpc) is 2.41. The minimum Gasteiger partial charge on any atom is -0.480 e. The molecule has 5 heteroatoms. The molecule has 1 N–H and O–H groups in total. The largest absolute Gasteiger partial charge is 0.480 e. The van der Waals surface area contributed by atoms with Crippen molar-refractivity contribution in [1.82, 2.24) is 4.90 Å². The molecule has 1 heterocycles. The molecule has 0 aromatic heterocycles. The number of carbonyl (C=O) groups excluding carboxylic acids is 1. The van der Waals surface area contributed by atoms with Gasteiger partial charge < -0.3 is 10.0 Å². The van der Waals surface area contributed by atoms with Gasteiger partial charge in [0.2, 0.25) is 0 Å². The van der Waals surface area contributed by atoms with E-state index in [9.17, 15) is 14.7 Å². The van der Waals surface area contributed by atoms with Crippen molar-refractivity contribution in [2.75, 3.05) is 6.54 Å². The number of carbonyl (C=O) groups is 2. The zero-order chi connectivity index (χ0) is 14.9. The molecular weight excluding hydrogens is 278 g/mol. The minimum absolute atomic E-state index is 0.255. The molecule has 0 radical (unpaired) electrons. The van der Waals surface area contributed by atoms with Crippen molar-refractivity contribution in [2.45, 2.75) is 38.6 Å². The number of amides is 1. The first-order valence-electron chi connectivity index (χ1n) is 6.68. The van der Waals surface area contributed by atoms with Crippen LogP contribution in [0.25, 0.3) is 0 Å². The second kappa shape index (κ2) is 5.44. The van der Waals surface area contributed by atoms with E-state index in [1.807, 2.05) is 6.92 Å². The highest BCUT2D eigenvalue weighted by molar-refractivity contribution is 6.31. The van der Waals surface area contributed by atoms with Crippen molar-refractivity contribution in [3.8, 4) is 0 Å². The van der Waals surface area contributed by atoms with Gasteiger partial charge in [0, 0.05) is 17.1 Å². The van der Waals surface area contributed by atoms with E-state index >= 15 is 0 Å². The van der Waals surface area contributed by atoms with E-state index in [1.165, 1.54) is 4.90 Å². The van der Waals surface area contributed by atoms with Gasteiger partial charge in [-0.1, -0.05) is 17.7 Å². The minimum atomic E-state index is -1.13. The summed E-state index contributed by atoms with van der Waals surface area (Å²) in [6.45, 7) is 3.91. The number of benzene rings is 1. The molecule has 0 saturated carbocycles. The third kappa shape index (κ3) is 2.52. The van der Waals surface area contributed by atoms with Crippen molar-refractivity contribution < 1.29 is 14.7 Å². The van der Waals surface area contributed by atoms with Gasteiger partial charge in [-0.2, -0.15) is 0 Å². The smallest absolute Gasteiger partial charge is 0.329 e. The molecule has 1 amide bonds. The van der Waals surface area contributed by atoms with Gasteiger partial charge in [0.15, 0.2) is 0 Å². The number of aryl methyl sites for hydroxylation is 1. The van der Waals surface area contributed by atoms with Crippen LogP contribution in [0.15, 0.2) is 18.2 Å². The molecule has 1 aliphatic rings. The van der Waals surface area contributed by atoms with Crippen molar-refractivity contribution >= 4 is 23.5 Å². The number of nitrogens with zero attached hydrogens (tertiary/aromatic N) is 1. The summed E-state index contributed by atoms with van der Waals surface area (Å²) in [5, 5.41) is 9.95. The highest BCUT2D eigenvalue weighted by Gasteiger charge is 2.44. The van der Waals surface area contributed by atoms with Gasteiger partial charge in [-0.15, -0.1) is 0 Å². The molecule has 2 rings (SSSR count). The van der Waals surface area contributed by atoms with E-state index in [-0.39, 0.29) is 5.91 Å². The van der Waals surface area contributed by atoms with Gasteiger partial charge >= 0.3 is 5.97 Å². The molecule has 1 aromatic rings. The Bertz CT molecular complexity index is 558. The molecule has 1 fully saturated rings. The van der Waals surface area contributed by atoms with E-state index in [1.54, 1.807) is 25.1 Å². The number of hydrogen-bond donors (Lipinski definition) is 1. The maximum Gasteiger partial charge on any atom is 0.329 e. The lowest BCUT2D eigenvalue weighted by Gasteiger charge is -2.41. The number of piperidine rings is 1. The molecule has 4 nitrogen and oxygen atoms in total. The number of halogens is 1. The monoisotopic (exact) mass is 295 g/mol. The Morgan fingerprint density at radius 3 is 2.70 bits per heavy atom. The molecule has 1 aliphatic heterocycles. The second-order valence-corrected chi connectivity index (χ2v) is 5.89. The van der Waals surface area contributed by atoms with Crippen molar-refractivity contribution in [1.29, 1.82) is 0 Å². The predicted octanol–water partition coefficient (Wildman–Crippen LogP) is 3.12. The van der Waals surface area contributed by atoms with Crippen molar-refractivity contribution in [3.05, 3.63) is 34.3 Å². The zero-order valence-corrected chi connectivity index (χ0v) is 12.4. The summed E-state index contributed by atoms with van der Waals surface area (Å²) in [6, 6.07) is 5.11. The summed E-state index contributed by atoms with van der Waals surface area (Å²) in [7, 11) is 0. The van der Waals surface area contributed by atoms with E-state index in [2.05, 4.69) is 0 Å². The highest BCUT2D eigenvalue weighted by Crippen LogP contribution is 2.30. The summed E-state index contributed by atoms with van der Waals surface area (Å²) in [5.41, 5.74) is 0.147. The van der Waals surface area contributed by atoms with Gasteiger partial charge in [0.05, 0.1) is 0 Å². The molecule has 0 spiro atoms. The van der Waals surface area contributed by atoms with Crippen LogP contribution in [0.2, 0.25) is 5.02 Å². The molecule has 1 atom stereocenters. The number of carboxylic acids is 1. The first kappa shape index (κ1) is 14.9. The predicted molar refractivity (Wildman–Crippen MR) is 77.1 cm³/mol. The normalized spacial score (nSPS) is 22.6. The average molecular weight is 296 g/mol. The summed E-state index contributed by atoms with van der Waals surface area (Å²) < 4.78 is 0. The van der Waals surface area contributed by atoms with Crippen LogP contribution < -0.4 is 0 Å². The Morgan fingerprint density at radius 2 is 2.05 bits per heavy atom. The molecular formula is C15H18ClNO3. The van der Waals surface area contributed by atoms with Crippen LogP contribution in [-0.2, 0) is 4.79 Å². The molecule has 0 bridgehead atoms. The van der Waals surface area contributed by atoms with E-state index < -0.39 is 11.5 Å². The van der Waals surface area contributed by atoms with E-state index in [0.717, 1.165) is 18.4 Å². The van der Waals surface area contributed by atoms with Gasteiger partial charge in [0.25, 0.3) is 5.91 Å². The topological polar surface area (TPSA) is 57.6 Å². The Morgan fingerprint density at radius 1 is 1.35 bits per heavy atom. The fourth-order valence-electron chi connectivity index (χ4n) is 2.64. The highest BCUT2D eigenvalue weighted by atomic mass is 35.5. The van der Waals surface area contributed by atoms with Crippen LogP contribution in [0, 0.1) is 6.92 Å². The van der Waals surface area contributed by atoms with E-state index in [0.29, 0.717) is 23.6 Å². The van der Waals surface area contributed by atoms with Crippen LogP contribution in [0.4, 0.5) is 0 Å². The first-order chi connectivity index (χ1) is 9.36.